The molecule has 0 atom stereocenters. The normalized spacial score (nSPS) is 16.8. The van der Waals surface area contributed by atoms with E-state index in [0.717, 1.165) is 5.56 Å². The molecule has 1 fully saturated rings. The molecule has 0 aliphatic heterocycles. The molecule has 22 heavy (non-hydrogen) atoms. The highest BCUT2D eigenvalue weighted by Gasteiger charge is 2.55. The van der Waals surface area contributed by atoms with Crippen molar-refractivity contribution in [1.82, 2.24) is 4.72 Å². The summed E-state index contributed by atoms with van der Waals surface area (Å²) in [4.78, 5) is 21.9. The lowest BCUT2D eigenvalue weighted by Crippen LogP contribution is -2.41. The lowest BCUT2D eigenvalue weighted by Gasteiger charge is -2.16. The van der Waals surface area contributed by atoms with Crippen LogP contribution in [0.4, 0.5) is 0 Å². The molecular formula is C14H15NO6S. The first-order valence-electron chi connectivity index (χ1n) is 6.50. The van der Waals surface area contributed by atoms with Crippen molar-refractivity contribution in [2.24, 2.45) is 0 Å². The number of aliphatic hydroxyl groups excluding tert-OH is 1. The fourth-order valence-electron chi connectivity index (χ4n) is 2.11. The fourth-order valence-corrected chi connectivity index (χ4v) is 3.67. The molecule has 0 spiro atoms. The van der Waals surface area contributed by atoms with Gasteiger partial charge in [-0.3, -0.25) is 4.79 Å². The van der Waals surface area contributed by atoms with Crippen LogP contribution in [0.3, 0.4) is 0 Å². The van der Waals surface area contributed by atoms with Crippen LogP contribution in [0, 0.1) is 0 Å². The molecule has 0 unspecified atom stereocenters. The Bertz CT molecular complexity index is 719. The number of carboxylic acids is 1. The molecule has 0 heterocycles. The predicted octanol–water partition coefficient (Wildman–Crippen LogP) is 0.734. The van der Waals surface area contributed by atoms with Crippen LogP contribution in [0.1, 0.15) is 18.4 Å². The third kappa shape index (κ3) is 3.45. The highest BCUT2D eigenvalue weighted by molar-refractivity contribution is 7.91. The maximum atomic E-state index is 12.3. The summed E-state index contributed by atoms with van der Waals surface area (Å²) in [7, 11) is -4.02. The Morgan fingerprint density at radius 2 is 1.77 bits per heavy atom. The molecule has 0 saturated heterocycles. The minimum absolute atomic E-state index is 0.238. The Morgan fingerprint density at radius 1 is 1.18 bits per heavy atom. The molecule has 0 radical (unpaired) electrons. The van der Waals surface area contributed by atoms with Gasteiger partial charge in [0, 0.05) is 0 Å². The summed E-state index contributed by atoms with van der Waals surface area (Å²) >= 11 is 0. The SMILES string of the molecule is O=C(O)C=C(O)C(=O)NS(=O)(=O)C1(Cc2ccccc2)CC1. The Labute approximate surface area is 127 Å². The number of aliphatic hydroxyl groups is 1. The van der Waals surface area contributed by atoms with E-state index in [1.165, 1.54) is 0 Å². The summed E-state index contributed by atoms with van der Waals surface area (Å²) in [6, 6.07) is 8.97. The average molecular weight is 325 g/mol. The van der Waals surface area contributed by atoms with E-state index >= 15 is 0 Å². The number of nitrogens with one attached hydrogen (secondary N) is 1. The zero-order valence-corrected chi connectivity index (χ0v) is 12.3. The number of carbonyl (C=O) groups excluding carboxylic acids is 1. The topological polar surface area (TPSA) is 121 Å². The van der Waals surface area contributed by atoms with Crippen LogP contribution >= 0.6 is 0 Å². The van der Waals surface area contributed by atoms with E-state index in [1.54, 1.807) is 29.0 Å². The zero-order chi connectivity index (χ0) is 16.4. The van der Waals surface area contributed by atoms with Crippen molar-refractivity contribution in [2.75, 3.05) is 0 Å². The van der Waals surface area contributed by atoms with Gasteiger partial charge in [0.1, 0.15) is 0 Å². The van der Waals surface area contributed by atoms with E-state index < -0.39 is 32.4 Å². The van der Waals surface area contributed by atoms with Crippen LogP contribution in [0.25, 0.3) is 0 Å². The van der Waals surface area contributed by atoms with Crippen molar-refractivity contribution in [3.63, 3.8) is 0 Å². The molecule has 8 heteroatoms. The van der Waals surface area contributed by atoms with Crippen molar-refractivity contribution < 1.29 is 28.2 Å². The number of carbonyl (C=O) groups is 2. The van der Waals surface area contributed by atoms with Crippen LogP contribution < -0.4 is 4.72 Å². The van der Waals surface area contributed by atoms with Crippen LogP contribution in [0.2, 0.25) is 0 Å². The Morgan fingerprint density at radius 3 is 2.27 bits per heavy atom. The van der Waals surface area contributed by atoms with Crippen LogP contribution in [-0.4, -0.2) is 35.3 Å². The minimum atomic E-state index is -4.02. The quantitative estimate of drug-likeness (QED) is 0.524. The minimum Gasteiger partial charge on any atom is -0.503 e. The second-order valence-corrected chi connectivity index (χ2v) is 7.22. The van der Waals surface area contributed by atoms with Gasteiger partial charge in [0.25, 0.3) is 5.91 Å². The highest BCUT2D eigenvalue weighted by atomic mass is 32.2. The number of sulfonamides is 1. The van der Waals surface area contributed by atoms with Gasteiger partial charge in [0.15, 0.2) is 5.76 Å². The Kier molecular flexibility index (Phi) is 4.23. The molecule has 1 aliphatic rings. The van der Waals surface area contributed by atoms with E-state index in [9.17, 15) is 23.1 Å². The number of amides is 1. The lowest BCUT2D eigenvalue weighted by atomic mass is 10.1. The summed E-state index contributed by atoms with van der Waals surface area (Å²) in [5.74, 6) is -4.05. The van der Waals surface area contributed by atoms with E-state index in [-0.39, 0.29) is 12.5 Å². The fraction of sp³-hybridized carbons (Fsp3) is 0.286. The van der Waals surface area contributed by atoms with Crippen molar-refractivity contribution in [2.45, 2.75) is 24.0 Å². The summed E-state index contributed by atoms with van der Waals surface area (Å²) in [5, 5.41) is 17.7. The smallest absolute Gasteiger partial charge is 0.332 e. The maximum Gasteiger partial charge on any atom is 0.332 e. The largest absolute Gasteiger partial charge is 0.503 e. The number of rotatable bonds is 6. The second kappa shape index (κ2) is 5.80. The van der Waals surface area contributed by atoms with Crippen molar-refractivity contribution in [3.05, 3.63) is 47.7 Å². The molecule has 118 valence electrons. The number of hydrogen-bond donors (Lipinski definition) is 3. The molecule has 0 aromatic heterocycles. The Hall–Kier alpha value is -2.35. The summed E-state index contributed by atoms with van der Waals surface area (Å²) < 4.78 is 25.3. The molecule has 0 bridgehead atoms. The second-order valence-electron chi connectivity index (χ2n) is 5.15. The molecule has 2 rings (SSSR count). The Balaban J connectivity index is 2.13. The van der Waals surface area contributed by atoms with Gasteiger partial charge < -0.3 is 10.2 Å². The van der Waals surface area contributed by atoms with E-state index in [0.29, 0.717) is 12.8 Å². The number of benzene rings is 1. The molecule has 1 aliphatic carbocycles. The number of aliphatic carboxylic acids is 1. The first kappa shape index (κ1) is 16.0. The molecule has 1 amide bonds. The average Bonchev–Trinajstić information content (AvgIpc) is 3.20. The molecule has 1 aromatic carbocycles. The number of hydrogen-bond acceptors (Lipinski definition) is 5. The van der Waals surface area contributed by atoms with E-state index in [4.69, 9.17) is 5.11 Å². The van der Waals surface area contributed by atoms with E-state index in [1.807, 2.05) is 6.07 Å². The first-order chi connectivity index (χ1) is 10.3. The van der Waals surface area contributed by atoms with Gasteiger partial charge in [0.2, 0.25) is 10.0 Å². The van der Waals surface area contributed by atoms with Gasteiger partial charge in [0.05, 0.1) is 10.8 Å². The highest BCUT2D eigenvalue weighted by Crippen LogP contribution is 2.45. The van der Waals surface area contributed by atoms with E-state index in [2.05, 4.69) is 0 Å². The maximum absolute atomic E-state index is 12.3. The lowest BCUT2D eigenvalue weighted by molar-refractivity contribution is -0.132. The van der Waals surface area contributed by atoms with Crippen molar-refractivity contribution >= 4 is 21.9 Å². The molecular weight excluding hydrogens is 310 g/mol. The molecule has 3 N–H and O–H groups in total. The standard InChI is InChI=1S/C14H15NO6S/c16-11(8-12(17)18)13(19)15-22(20,21)14(6-7-14)9-10-4-2-1-3-5-10/h1-5,8,16H,6-7,9H2,(H,15,19)(H,17,18). The van der Waals surface area contributed by atoms with Crippen molar-refractivity contribution in [3.8, 4) is 0 Å². The van der Waals surface area contributed by atoms with Gasteiger partial charge in [-0.05, 0) is 24.8 Å². The monoisotopic (exact) mass is 325 g/mol. The van der Waals surface area contributed by atoms with Crippen LogP contribution in [-0.2, 0) is 26.0 Å². The third-order valence-corrected chi connectivity index (χ3v) is 5.61. The first-order valence-corrected chi connectivity index (χ1v) is 7.98. The van der Waals surface area contributed by atoms with Gasteiger partial charge >= 0.3 is 5.97 Å². The van der Waals surface area contributed by atoms with Crippen molar-refractivity contribution in [1.29, 1.82) is 0 Å². The summed E-state index contributed by atoms with van der Waals surface area (Å²) in [6.45, 7) is 0. The molecule has 7 nitrogen and oxygen atoms in total. The van der Waals surface area contributed by atoms with Gasteiger partial charge in [-0.1, -0.05) is 30.3 Å². The van der Waals surface area contributed by atoms with Crippen LogP contribution in [0.5, 0.6) is 0 Å². The van der Waals surface area contributed by atoms with Gasteiger partial charge in [-0.15, -0.1) is 0 Å². The van der Waals surface area contributed by atoms with Crippen LogP contribution in [0.15, 0.2) is 42.2 Å². The number of carboxylic acid groups (broad SMARTS) is 1. The zero-order valence-electron chi connectivity index (χ0n) is 11.5. The molecule has 1 saturated carbocycles. The molecule has 1 aromatic rings. The van der Waals surface area contributed by atoms with Gasteiger partial charge in [-0.25, -0.2) is 17.9 Å². The summed E-state index contributed by atoms with van der Waals surface area (Å²) in [5.41, 5.74) is 0.822. The summed E-state index contributed by atoms with van der Waals surface area (Å²) in [6.07, 6.45) is 1.28. The predicted molar refractivity (Wildman–Crippen MR) is 77.5 cm³/mol. The third-order valence-electron chi connectivity index (χ3n) is 3.47. The van der Waals surface area contributed by atoms with Gasteiger partial charge in [-0.2, -0.15) is 0 Å².